The van der Waals surface area contributed by atoms with Crippen LogP contribution in [-0.2, 0) is 20.3 Å². The van der Waals surface area contributed by atoms with Gasteiger partial charge in [0.15, 0.2) is 5.82 Å². The second-order valence-electron chi connectivity index (χ2n) is 8.43. The van der Waals surface area contributed by atoms with E-state index in [2.05, 4.69) is 15.5 Å². The van der Waals surface area contributed by atoms with Crippen LogP contribution in [0.3, 0.4) is 0 Å². The summed E-state index contributed by atoms with van der Waals surface area (Å²) in [4.78, 5) is 17.8. The largest absolute Gasteiger partial charge is 0.368 e. The lowest BCUT2D eigenvalue weighted by Gasteiger charge is -2.31. The van der Waals surface area contributed by atoms with Crippen LogP contribution < -0.4 is 10.5 Å². The fraction of sp³-hybridized carbons (Fsp3) is 0.571. The van der Waals surface area contributed by atoms with Crippen LogP contribution >= 0.6 is 0 Å². The molecule has 10 heteroatoms. The Balaban J connectivity index is 1.62. The van der Waals surface area contributed by atoms with Crippen LogP contribution in [0.5, 0.6) is 0 Å². The minimum atomic E-state index is -3.84. The lowest BCUT2D eigenvalue weighted by molar-refractivity contribution is 0.0833. The van der Waals surface area contributed by atoms with Gasteiger partial charge in [0.2, 0.25) is 10.0 Å². The fourth-order valence-electron chi connectivity index (χ4n) is 4.47. The number of hydrogen-bond acceptors (Lipinski definition) is 7. The zero-order chi connectivity index (χ0) is 22.1. The quantitative estimate of drug-likeness (QED) is 0.671. The number of hydrogen-bond donors (Lipinski definition) is 2. The number of primary sulfonamides is 1. The number of nitrogens with two attached hydrogens (primary N) is 1. The molecule has 168 valence electrons. The summed E-state index contributed by atoms with van der Waals surface area (Å²) < 4.78 is 34.5. The Labute approximate surface area is 181 Å². The Hall–Kier alpha value is -2.30. The average Bonchev–Trinajstić information content (AvgIpc) is 3.37. The molecule has 0 radical (unpaired) electrons. The number of benzene rings is 1. The number of ether oxygens (including phenoxy) is 1. The van der Waals surface area contributed by atoms with Gasteiger partial charge in [0.05, 0.1) is 4.90 Å². The molecule has 0 bridgehead atoms. The first-order valence-electron chi connectivity index (χ1n) is 10.7. The Bertz CT molecular complexity index is 1050. The van der Waals surface area contributed by atoms with E-state index in [1.54, 1.807) is 6.92 Å². The number of aromatic nitrogens is 2. The van der Waals surface area contributed by atoms with Crippen molar-refractivity contribution in [3.05, 3.63) is 41.0 Å². The first-order valence-corrected chi connectivity index (χ1v) is 12.2. The molecule has 2 heterocycles. The number of nitrogens with zero attached hydrogens (tertiary/aromatic N) is 2. The van der Waals surface area contributed by atoms with Gasteiger partial charge in [0.25, 0.3) is 11.8 Å². The third-order valence-electron chi connectivity index (χ3n) is 6.13. The standard InChI is InChI=1S/C21H28N4O5S/c1-14-13-15(8-9-17(14)31(22,27)28)18(26)24-21(10-4-2-3-5-11-21)20-23-19(30-25-20)16-7-6-12-29-16/h8-9,13,16H,2-7,10-12H2,1H3,(H,24,26)(H2,22,27,28)/t16-/m1/s1. The first kappa shape index (κ1) is 21.9. The van der Waals surface area contributed by atoms with E-state index in [4.69, 9.17) is 14.4 Å². The van der Waals surface area contributed by atoms with Crippen molar-refractivity contribution in [2.45, 2.75) is 74.8 Å². The highest BCUT2D eigenvalue weighted by molar-refractivity contribution is 7.89. The normalized spacial score (nSPS) is 21.5. The molecule has 9 nitrogen and oxygen atoms in total. The summed E-state index contributed by atoms with van der Waals surface area (Å²) in [6.45, 7) is 2.29. The molecule has 2 fully saturated rings. The molecule has 1 saturated heterocycles. The van der Waals surface area contributed by atoms with Crippen molar-refractivity contribution >= 4 is 15.9 Å². The van der Waals surface area contributed by atoms with E-state index in [1.807, 2.05) is 0 Å². The van der Waals surface area contributed by atoms with E-state index in [9.17, 15) is 13.2 Å². The van der Waals surface area contributed by atoms with Gasteiger partial charge in [-0.1, -0.05) is 30.8 Å². The summed E-state index contributed by atoms with van der Waals surface area (Å²) in [5, 5.41) is 12.6. The second-order valence-corrected chi connectivity index (χ2v) is 9.96. The summed E-state index contributed by atoms with van der Waals surface area (Å²) in [5.74, 6) is 0.624. The Kier molecular flexibility index (Phi) is 6.14. The zero-order valence-corrected chi connectivity index (χ0v) is 18.4. The number of carbonyl (C=O) groups excluding carboxylic acids is 1. The molecule has 1 aromatic heterocycles. The summed E-state index contributed by atoms with van der Waals surface area (Å²) in [6.07, 6.45) is 7.06. The minimum absolute atomic E-state index is 0.00704. The summed E-state index contributed by atoms with van der Waals surface area (Å²) in [5.41, 5.74) is 0.0437. The number of carbonyl (C=O) groups is 1. The lowest BCUT2D eigenvalue weighted by atomic mass is 9.88. The summed E-state index contributed by atoms with van der Waals surface area (Å²) >= 11 is 0. The van der Waals surface area contributed by atoms with Gasteiger partial charge in [-0.3, -0.25) is 4.79 Å². The maximum absolute atomic E-state index is 13.2. The van der Waals surface area contributed by atoms with Gasteiger partial charge in [-0.25, -0.2) is 13.6 Å². The lowest BCUT2D eigenvalue weighted by Crippen LogP contribution is -2.46. The summed E-state index contributed by atoms with van der Waals surface area (Å²) in [6, 6.07) is 4.37. The Morgan fingerprint density at radius 1 is 1.19 bits per heavy atom. The Morgan fingerprint density at radius 3 is 2.55 bits per heavy atom. The highest BCUT2D eigenvalue weighted by Crippen LogP contribution is 2.36. The maximum atomic E-state index is 13.2. The molecule has 1 atom stereocenters. The van der Waals surface area contributed by atoms with Crippen molar-refractivity contribution in [3.8, 4) is 0 Å². The van der Waals surface area contributed by atoms with Crippen LogP contribution in [0.25, 0.3) is 0 Å². The third kappa shape index (κ3) is 4.65. The van der Waals surface area contributed by atoms with Gasteiger partial charge in [-0.2, -0.15) is 4.98 Å². The monoisotopic (exact) mass is 448 g/mol. The van der Waals surface area contributed by atoms with Gasteiger partial charge < -0.3 is 14.6 Å². The molecule has 1 aliphatic heterocycles. The predicted octanol–water partition coefficient (Wildman–Crippen LogP) is 2.86. The average molecular weight is 449 g/mol. The smallest absolute Gasteiger partial charge is 0.255 e. The minimum Gasteiger partial charge on any atom is -0.368 e. The van der Waals surface area contributed by atoms with Crippen LogP contribution in [0.1, 0.15) is 85.1 Å². The van der Waals surface area contributed by atoms with Crippen LogP contribution in [0.15, 0.2) is 27.6 Å². The molecule has 1 amide bonds. The topological polar surface area (TPSA) is 137 Å². The van der Waals surface area contributed by atoms with Crippen molar-refractivity contribution in [2.75, 3.05) is 6.61 Å². The SMILES string of the molecule is Cc1cc(C(=O)NC2(c3noc([C@H]4CCCO4)n3)CCCCCC2)ccc1S(N)(=O)=O. The number of sulfonamides is 1. The van der Waals surface area contributed by atoms with E-state index in [-0.39, 0.29) is 16.9 Å². The molecule has 1 aromatic carbocycles. The van der Waals surface area contributed by atoms with Crippen LogP contribution in [0.2, 0.25) is 0 Å². The number of amides is 1. The first-order chi connectivity index (χ1) is 14.8. The highest BCUT2D eigenvalue weighted by Gasteiger charge is 2.40. The third-order valence-corrected chi connectivity index (χ3v) is 7.20. The second kappa shape index (κ2) is 8.68. The van der Waals surface area contributed by atoms with Crippen molar-refractivity contribution < 1.29 is 22.5 Å². The van der Waals surface area contributed by atoms with Crippen LogP contribution in [-0.4, -0.2) is 31.1 Å². The predicted molar refractivity (Wildman–Crippen MR) is 112 cm³/mol. The van der Waals surface area contributed by atoms with E-state index in [1.165, 1.54) is 18.2 Å². The maximum Gasteiger partial charge on any atom is 0.255 e. The molecule has 0 unspecified atom stereocenters. The fourth-order valence-corrected chi connectivity index (χ4v) is 5.23. The number of nitrogens with one attached hydrogen (secondary N) is 1. The van der Waals surface area contributed by atoms with Gasteiger partial charge in [-0.05, 0) is 56.4 Å². The molecule has 31 heavy (non-hydrogen) atoms. The van der Waals surface area contributed by atoms with E-state index >= 15 is 0 Å². The van der Waals surface area contributed by atoms with E-state index in [0.29, 0.717) is 42.3 Å². The van der Waals surface area contributed by atoms with Crippen molar-refractivity contribution in [2.24, 2.45) is 5.14 Å². The van der Waals surface area contributed by atoms with Crippen molar-refractivity contribution in [1.29, 1.82) is 0 Å². The molecule has 3 N–H and O–H groups in total. The highest BCUT2D eigenvalue weighted by atomic mass is 32.2. The van der Waals surface area contributed by atoms with E-state index in [0.717, 1.165) is 38.5 Å². The molecular weight excluding hydrogens is 420 g/mol. The molecule has 4 rings (SSSR count). The molecule has 1 aliphatic carbocycles. The van der Waals surface area contributed by atoms with Crippen LogP contribution in [0.4, 0.5) is 0 Å². The Morgan fingerprint density at radius 2 is 1.94 bits per heavy atom. The number of aryl methyl sites for hydroxylation is 1. The molecule has 2 aliphatic rings. The van der Waals surface area contributed by atoms with E-state index < -0.39 is 15.6 Å². The summed E-state index contributed by atoms with van der Waals surface area (Å²) in [7, 11) is -3.84. The van der Waals surface area contributed by atoms with Gasteiger partial charge >= 0.3 is 0 Å². The van der Waals surface area contributed by atoms with Gasteiger partial charge in [0, 0.05) is 12.2 Å². The number of rotatable bonds is 5. The van der Waals surface area contributed by atoms with Gasteiger partial charge in [-0.15, -0.1) is 0 Å². The zero-order valence-electron chi connectivity index (χ0n) is 17.6. The molecular formula is C21H28N4O5S. The van der Waals surface area contributed by atoms with Gasteiger partial charge in [0.1, 0.15) is 11.6 Å². The molecule has 1 saturated carbocycles. The van der Waals surface area contributed by atoms with Crippen molar-refractivity contribution in [3.63, 3.8) is 0 Å². The molecule has 2 aromatic rings. The van der Waals surface area contributed by atoms with Crippen LogP contribution in [0, 0.1) is 6.92 Å². The van der Waals surface area contributed by atoms with Crippen molar-refractivity contribution in [1.82, 2.24) is 15.5 Å². The molecule has 0 spiro atoms.